The van der Waals surface area contributed by atoms with Crippen LogP contribution in [0, 0.1) is 13.8 Å². The third-order valence-corrected chi connectivity index (χ3v) is 3.38. The van der Waals surface area contributed by atoms with Crippen molar-refractivity contribution in [3.63, 3.8) is 0 Å². The third kappa shape index (κ3) is 2.05. The molecule has 2 rings (SSSR count). The molecule has 0 saturated heterocycles. The van der Waals surface area contributed by atoms with Gasteiger partial charge in [0.1, 0.15) is 0 Å². The van der Waals surface area contributed by atoms with Crippen LogP contribution in [0.5, 0.6) is 0 Å². The normalized spacial score (nSPS) is 14.3. The molecular formula is C15H19NO2. The molecule has 0 spiro atoms. The van der Waals surface area contributed by atoms with Gasteiger partial charge < -0.3 is 4.90 Å². The van der Waals surface area contributed by atoms with Crippen molar-refractivity contribution >= 4 is 17.4 Å². The minimum Gasteiger partial charge on any atom is -0.304 e. The van der Waals surface area contributed by atoms with Crippen LogP contribution in [0.2, 0.25) is 0 Å². The highest BCUT2D eigenvalue weighted by Gasteiger charge is 2.36. The van der Waals surface area contributed by atoms with Gasteiger partial charge in [-0.2, -0.15) is 0 Å². The summed E-state index contributed by atoms with van der Waals surface area (Å²) < 4.78 is 0. The van der Waals surface area contributed by atoms with Gasteiger partial charge in [0.2, 0.25) is 0 Å². The average Bonchev–Trinajstić information content (AvgIpc) is 2.55. The van der Waals surface area contributed by atoms with Crippen LogP contribution in [0.25, 0.3) is 0 Å². The summed E-state index contributed by atoms with van der Waals surface area (Å²) >= 11 is 0. The van der Waals surface area contributed by atoms with Gasteiger partial charge in [-0.1, -0.05) is 25.8 Å². The number of fused-ring (bicyclic) bond motifs is 1. The predicted molar refractivity (Wildman–Crippen MR) is 72.1 cm³/mol. The van der Waals surface area contributed by atoms with Gasteiger partial charge in [-0.25, -0.2) is 0 Å². The molecule has 1 aromatic rings. The van der Waals surface area contributed by atoms with Crippen molar-refractivity contribution in [2.45, 2.75) is 40.0 Å². The number of rotatable bonds is 4. The average molecular weight is 245 g/mol. The maximum Gasteiger partial charge on any atom is 0.299 e. The Morgan fingerprint density at radius 3 is 2.50 bits per heavy atom. The van der Waals surface area contributed by atoms with E-state index in [1.165, 1.54) is 0 Å². The second-order valence-electron chi connectivity index (χ2n) is 4.97. The van der Waals surface area contributed by atoms with Crippen molar-refractivity contribution in [3.05, 3.63) is 28.8 Å². The number of Topliss-reactive ketones (excluding diaryl/α,β-unsaturated/α-hetero) is 1. The topological polar surface area (TPSA) is 37.4 Å². The van der Waals surface area contributed by atoms with Gasteiger partial charge in [0.25, 0.3) is 11.7 Å². The Labute approximate surface area is 108 Å². The summed E-state index contributed by atoms with van der Waals surface area (Å²) in [5.74, 6) is -0.719. The Morgan fingerprint density at radius 2 is 1.83 bits per heavy atom. The number of anilines is 1. The molecule has 18 heavy (non-hydrogen) atoms. The lowest BCUT2D eigenvalue weighted by molar-refractivity contribution is -0.114. The second-order valence-corrected chi connectivity index (χ2v) is 4.97. The van der Waals surface area contributed by atoms with E-state index < -0.39 is 0 Å². The molecule has 1 aliphatic rings. The van der Waals surface area contributed by atoms with Crippen molar-refractivity contribution in [2.24, 2.45) is 0 Å². The molecule has 0 N–H and O–H groups in total. The molecule has 1 heterocycles. The Bertz CT molecular complexity index is 505. The first-order valence-electron chi connectivity index (χ1n) is 6.53. The fourth-order valence-corrected chi connectivity index (χ4v) is 2.56. The van der Waals surface area contributed by atoms with Crippen LogP contribution < -0.4 is 4.90 Å². The maximum atomic E-state index is 12.0. The number of carbonyl (C=O) groups is 2. The fourth-order valence-electron chi connectivity index (χ4n) is 2.56. The monoisotopic (exact) mass is 245 g/mol. The first-order valence-corrected chi connectivity index (χ1v) is 6.53. The lowest BCUT2D eigenvalue weighted by Crippen LogP contribution is -2.31. The maximum absolute atomic E-state index is 12.0. The van der Waals surface area contributed by atoms with Crippen LogP contribution in [0.1, 0.15) is 47.7 Å². The fraction of sp³-hybridized carbons (Fsp3) is 0.467. The molecule has 0 bridgehead atoms. The van der Waals surface area contributed by atoms with E-state index in [1.54, 1.807) is 4.90 Å². The molecule has 96 valence electrons. The lowest BCUT2D eigenvalue weighted by atomic mass is 10.0. The molecule has 0 atom stereocenters. The quantitative estimate of drug-likeness (QED) is 0.604. The number of hydrogen-bond acceptors (Lipinski definition) is 2. The van der Waals surface area contributed by atoms with Crippen LogP contribution in [0.3, 0.4) is 0 Å². The standard InChI is InChI=1S/C15H19NO2/c1-4-5-6-7-16-13-11(3)8-10(2)9-12(13)14(17)15(16)18/h8-9H,4-7H2,1-3H3. The van der Waals surface area contributed by atoms with E-state index in [9.17, 15) is 9.59 Å². The summed E-state index contributed by atoms with van der Waals surface area (Å²) in [6.45, 7) is 6.68. The van der Waals surface area contributed by atoms with E-state index in [1.807, 2.05) is 26.0 Å². The molecule has 1 aromatic carbocycles. The molecular weight excluding hydrogens is 226 g/mol. The summed E-state index contributed by atoms with van der Waals surface area (Å²) in [6.07, 6.45) is 3.14. The zero-order valence-electron chi connectivity index (χ0n) is 11.2. The van der Waals surface area contributed by atoms with Crippen LogP contribution in [0.15, 0.2) is 12.1 Å². The summed E-state index contributed by atoms with van der Waals surface area (Å²) in [6, 6.07) is 3.85. The highest BCUT2D eigenvalue weighted by atomic mass is 16.2. The van der Waals surface area contributed by atoms with Crippen molar-refractivity contribution in [3.8, 4) is 0 Å². The molecule has 0 aliphatic carbocycles. The van der Waals surface area contributed by atoms with Gasteiger partial charge in [-0.15, -0.1) is 0 Å². The number of unbranched alkanes of at least 4 members (excludes halogenated alkanes) is 2. The molecule has 1 aliphatic heterocycles. The highest BCUT2D eigenvalue weighted by Crippen LogP contribution is 2.33. The summed E-state index contributed by atoms with van der Waals surface area (Å²) in [5, 5.41) is 0. The van der Waals surface area contributed by atoms with Crippen LogP contribution in [-0.2, 0) is 4.79 Å². The van der Waals surface area contributed by atoms with E-state index in [0.29, 0.717) is 12.1 Å². The van der Waals surface area contributed by atoms with E-state index in [0.717, 1.165) is 36.1 Å². The Kier molecular flexibility index (Phi) is 3.50. The minimum atomic E-state index is -0.366. The first kappa shape index (κ1) is 12.8. The van der Waals surface area contributed by atoms with Crippen LogP contribution in [0.4, 0.5) is 5.69 Å². The van der Waals surface area contributed by atoms with Gasteiger partial charge in [0.05, 0.1) is 11.3 Å². The molecule has 0 saturated carbocycles. The van der Waals surface area contributed by atoms with E-state index in [4.69, 9.17) is 0 Å². The van der Waals surface area contributed by atoms with E-state index in [-0.39, 0.29) is 11.7 Å². The van der Waals surface area contributed by atoms with Gasteiger partial charge >= 0.3 is 0 Å². The smallest absolute Gasteiger partial charge is 0.299 e. The SMILES string of the molecule is CCCCCN1C(=O)C(=O)c2cc(C)cc(C)c21. The van der Waals surface area contributed by atoms with Gasteiger partial charge in [0.15, 0.2) is 0 Å². The molecule has 0 aromatic heterocycles. The molecule has 0 unspecified atom stereocenters. The minimum absolute atomic E-state index is 0.353. The summed E-state index contributed by atoms with van der Waals surface area (Å²) in [5.41, 5.74) is 3.45. The van der Waals surface area contributed by atoms with Crippen LogP contribution >= 0.6 is 0 Å². The van der Waals surface area contributed by atoms with Crippen molar-refractivity contribution in [1.82, 2.24) is 0 Å². The summed E-state index contributed by atoms with van der Waals surface area (Å²) in [4.78, 5) is 25.6. The number of aryl methyl sites for hydroxylation is 2. The zero-order chi connectivity index (χ0) is 13.3. The van der Waals surface area contributed by atoms with Gasteiger partial charge in [-0.05, 0) is 37.5 Å². The van der Waals surface area contributed by atoms with Gasteiger partial charge in [0, 0.05) is 6.54 Å². The number of ketones is 1. The van der Waals surface area contributed by atoms with E-state index in [2.05, 4.69) is 6.92 Å². The number of benzene rings is 1. The van der Waals surface area contributed by atoms with Gasteiger partial charge in [-0.3, -0.25) is 9.59 Å². The molecule has 3 nitrogen and oxygen atoms in total. The first-order chi connectivity index (χ1) is 8.56. The third-order valence-electron chi connectivity index (χ3n) is 3.38. The Hall–Kier alpha value is -1.64. The van der Waals surface area contributed by atoms with Crippen molar-refractivity contribution < 1.29 is 9.59 Å². The largest absolute Gasteiger partial charge is 0.304 e. The Balaban J connectivity index is 2.36. The Morgan fingerprint density at radius 1 is 1.11 bits per heavy atom. The van der Waals surface area contributed by atoms with Crippen LogP contribution in [-0.4, -0.2) is 18.2 Å². The second kappa shape index (κ2) is 4.92. The zero-order valence-corrected chi connectivity index (χ0v) is 11.2. The van der Waals surface area contributed by atoms with Crippen molar-refractivity contribution in [2.75, 3.05) is 11.4 Å². The summed E-state index contributed by atoms with van der Waals surface area (Å²) in [7, 11) is 0. The predicted octanol–water partition coefficient (Wildman–Crippen LogP) is 3.02. The molecule has 0 radical (unpaired) electrons. The number of carbonyl (C=O) groups excluding carboxylic acids is 2. The molecule has 1 amide bonds. The molecule has 0 fully saturated rings. The number of nitrogens with zero attached hydrogens (tertiary/aromatic N) is 1. The highest BCUT2D eigenvalue weighted by molar-refractivity contribution is 6.52. The number of hydrogen-bond donors (Lipinski definition) is 0. The van der Waals surface area contributed by atoms with Crippen molar-refractivity contribution in [1.29, 1.82) is 0 Å². The molecule has 3 heteroatoms. The lowest BCUT2D eigenvalue weighted by Gasteiger charge is -2.18. The number of amides is 1. The van der Waals surface area contributed by atoms with E-state index >= 15 is 0 Å².